The minimum absolute atomic E-state index is 0.216. The molecular formula is C15H15NO4S. The number of benzene rings is 1. The van der Waals surface area contributed by atoms with Gasteiger partial charge in [0, 0.05) is 0 Å². The van der Waals surface area contributed by atoms with Crippen LogP contribution in [0.2, 0.25) is 0 Å². The lowest BCUT2D eigenvalue weighted by Crippen LogP contribution is -2.34. The van der Waals surface area contributed by atoms with Gasteiger partial charge in [0.25, 0.3) is 11.1 Å². The number of hydrogen-bond donors (Lipinski definition) is 0. The Kier molecular flexibility index (Phi) is 4.80. The van der Waals surface area contributed by atoms with Gasteiger partial charge >= 0.3 is 5.97 Å². The van der Waals surface area contributed by atoms with Crippen molar-refractivity contribution in [2.24, 2.45) is 0 Å². The maximum Gasteiger partial charge on any atom is 0.326 e. The molecule has 0 aliphatic carbocycles. The van der Waals surface area contributed by atoms with Crippen LogP contribution >= 0.6 is 11.8 Å². The lowest BCUT2D eigenvalue weighted by Gasteiger charge is -2.10. The van der Waals surface area contributed by atoms with Crippen LogP contribution in [0.25, 0.3) is 6.08 Å². The first kappa shape index (κ1) is 15.3. The SMILES string of the molecule is CCOC(=O)CN1C(=O)S/C(=C/c2ccccc2C)C1=O. The van der Waals surface area contributed by atoms with E-state index in [2.05, 4.69) is 0 Å². The Hall–Kier alpha value is -2.08. The lowest BCUT2D eigenvalue weighted by atomic mass is 10.1. The Morgan fingerprint density at radius 2 is 2.05 bits per heavy atom. The molecule has 21 heavy (non-hydrogen) atoms. The van der Waals surface area contributed by atoms with Crippen molar-refractivity contribution in [2.75, 3.05) is 13.2 Å². The van der Waals surface area contributed by atoms with E-state index in [0.29, 0.717) is 4.91 Å². The Morgan fingerprint density at radius 3 is 2.71 bits per heavy atom. The molecule has 0 bridgehead atoms. The molecule has 1 saturated heterocycles. The second-order valence-electron chi connectivity index (χ2n) is 4.43. The van der Waals surface area contributed by atoms with Gasteiger partial charge in [0.1, 0.15) is 6.54 Å². The number of carbonyl (C=O) groups is 3. The van der Waals surface area contributed by atoms with Crippen molar-refractivity contribution in [2.45, 2.75) is 13.8 Å². The summed E-state index contributed by atoms with van der Waals surface area (Å²) < 4.78 is 4.76. The molecule has 1 aromatic carbocycles. The van der Waals surface area contributed by atoms with E-state index in [1.165, 1.54) is 0 Å². The van der Waals surface area contributed by atoms with Gasteiger partial charge in [0.2, 0.25) is 0 Å². The Morgan fingerprint density at radius 1 is 1.33 bits per heavy atom. The molecule has 0 radical (unpaired) electrons. The highest BCUT2D eigenvalue weighted by molar-refractivity contribution is 8.18. The van der Waals surface area contributed by atoms with E-state index in [9.17, 15) is 14.4 Å². The molecule has 5 nitrogen and oxygen atoms in total. The van der Waals surface area contributed by atoms with Crippen LogP contribution in [-0.4, -0.2) is 35.2 Å². The number of nitrogens with zero attached hydrogens (tertiary/aromatic N) is 1. The number of ether oxygens (including phenoxy) is 1. The van der Waals surface area contributed by atoms with Gasteiger partial charge < -0.3 is 4.74 Å². The smallest absolute Gasteiger partial charge is 0.326 e. The fourth-order valence-corrected chi connectivity index (χ4v) is 2.69. The number of carbonyl (C=O) groups excluding carboxylic acids is 3. The van der Waals surface area contributed by atoms with Crippen LogP contribution in [0, 0.1) is 6.92 Å². The molecule has 6 heteroatoms. The topological polar surface area (TPSA) is 63.7 Å². The van der Waals surface area contributed by atoms with Gasteiger partial charge in [-0.1, -0.05) is 24.3 Å². The van der Waals surface area contributed by atoms with Crippen molar-refractivity contribution in [1.82, 2.24) is 4.90 Å². The fourth-order valence-electron chi connectivity index (χ4n) is 1.86. The molecule has 0 unspecified atom stereocenters. The molecule has 110 valence electrons. The third kappa shape index (κ3) is 3.52. The molecule has 0 aromatic heterocycles. The summed E-state index contributed by atoms with van der Waals surface area (Å²) in [6.07, 6.45) is 1.67. The summed E-state index contributed by atoms with van der Waals surface area (Å²) in [5.41, 5.74) is 1.88. The van der Waals surface area contributed by atoms with Crippen LogP contribution in [0.1, 0.15) is 18.1 Å². The zero-order chi connectivity index (χ0) is 15.4. The van der Waals surface area contributed by atoms with Crippen LogP contribution < -0.4 is 0 Å². The molecule has 1 aliphatic heterocycles. The number of rotatable bonds is 4. The molecule has 1 aliphatic rings. The number of imide groups is 1. The van der Waals surface area contributed by atoms with Crippen molar-refractivity contribution in [1.29, 1.82) is 0 Å². The van der Waals surface area contributed by atoms with Gasteiger partial charge in [-0.3, -0.25) is 19.3 Å². The predicted molar refractivity (Wildman–Crippen MR) is 80.5 cm³/mol. The number of aryl methyl sites for hydroxylation is 1. The van der Waals surface area contributed by atoms with E-state index >= 15 is 0 Å². The standard InChI is InChI=1S/C15H15NO4S/c1-3-20-13(17)9-16-14(18)12(21-15(16)19)8-11-7-5-4-6-10(11)2/h4-8H,3,9H2,1-2H3/b12-8+. The minimum Gasteiger partial charge on any atom is -0.465 e. The summed E-state index contributed by atoms with van der Waals surface area (Å²) >= 11 is 0.836. The second kappa shape index (κ2) is 6.58. The van der Waals surface area contributed by atoms with Crippen molar-refractivity contribution in [3.8, 4) is 0 Å². The highest BCUT2D eigenvalue weighted by atomic mass is 32.2. The zero-order valence-corrected chi connectivity index (χ0v) is 12.6. The highest BCUT2D eigenvalue weighted by Gasteiger charge is 2.36. The van der Waals surface area contributed by atoms with Gasteiger partial charge in [0.15, 0.2) is 0 Å². The van der Waals surface area contributed by atoms with E-state index in [1.54, 1.807) is 13.0 Å². The molecule has 0 spiro atoms. The summed E-state index contributed by atoms with van der Waals surface area (Å²) in [7, 11) is 0. The first-order chi connectivity index (χ1) is 10.0. The normalized spacial score (nSPS) is 16.7. The van der Waals surface area contributed by atoms with E-state index in [0.717, 1.165) is 27.8 Å². The quantitative estimate of drug-likeness (QED) is 0.632. The second-order valence-corrected chi connectivity index (χ2v) is 5.42. The fraction of sp³-hybridized carbons (Fsp3) is 0.267. The van der Waals surface area contributed by atoms with Gasteiger partial charge in [-0.05, 0) is 42.8 Å². The van der Waals surface area contributed by atoms with Crippen molar-refractivity contribution in [3.05, 3.63) is 40.3 Å². The lowest BCUT2D eigenvalue weighted by molar-refractivity contribution is -0.145. The Bertz CT molecular complexity index is 624. The molecule has 2 amide bonds. The summed E-state index contributed by atoms with van der Waals surface area (Å²) in [6.45, 7) is 3.47. The zero-order valence-electron chi connectivity index (χ0n) is 11.8. The van der Waals surface area contributed by atoms with Crippen LogP contribution in [0.5, 0.6) is 0 Å². The van der Waals surface area contributed by atoms with Gasteiger partial charge in [0.05, 0.1) is 11.5 Å². The van der Waals surface area contributed by atoms with Crippen molar-refractivity contribution >= 4 is 35.0 Å². The average molecular weight is 305 g/mol. The van der Waals surface area contributed by atoms with E-state index in [1.807, 2.05) is 31.2 Å². The van der Waals surface area contributed by atoms with Crippen LogP contribution in [0.15, 0.2) is 29.2 Å². The van der Waals surface area contributed by atoms with Crippen LogP contribution in [0.4, 0.5) is 4.79 Å². The Labute approximate surface area is 127 Å². The van der Waals surface area contributed by atoms with Crippen LogP contribution in [0.3, 0.4) is 0 Å². The third-order valence-electron chi connectivity index (χ3n) is 2.94. The van der Waals surface area contributed by atoms with Crippen molar-refractivity contribution in [3.63, 3.8) is 0 Å². The molecule has 0 saturated carbocycles. The number of hydrogen-bond acceptors (Lipinski definition) is 5. The molecule has 1 aromatic rings. The number of thioether (sulfide) groups is 1. The summed E-state index contributed by atoms with van der Waals surface area (Å²) in [5.74, 6) is -1.04. The molecule has 2 rings (SSSR count). The minimum atomic E-state index is -0.586. The van der Waals surface area contributed by atoms with E-state index < -0.39 is 17.1 Å². The maximum absolute atomic E-state index is 12.2. The Balaban J connectivity index is 2.18. The summed E-state index contributed by atoms with van der Waals surface area (Å²) in [6, 6.07) is 7.56. The van der Waals surface area contributed by atoms with Crippen LogP contribution in [-0.2, 0) is 14.3 Å². The van der Waals surface area contributed by atoms with Gasteiger partial charge in [-0.15, -0.1) is 0 Å². The summed E-state index contributed by atoms with van der Waals surface area (Å²) in [5, 5.41) is -0.451. The highest BCUT2D eigenvalue weighted by Crippen LogP contribution is 2.32. The first-order valence-electron chi connectivity index (χ1n) is 6.49. The molecular weight excluding hydrogens is 290 g/mol. The van der Waals surface area contributed by atoms with E-state index in [4.69, 9.17) is 4.74 Å². The summed E-state index contributed by atoms with van der Waals surface area (Å²) in [4.78, 5) is 36.6. The molecule has 1 heterocycles. The largest absolute Gasteiger partial charge is 0.465 e. The van der Waals surface area contributed by atoms with Crippen molar-refractivity contribution < 1.29 is 19.1 Å². The number of esters is 1. The number of amides is 2. The monoisotopic (exact) mass is 305 g/mol. The maximum atomic E-state index is 12.2. The first-order valence-corrected chi connectivity index (χ1v) is 7.31. The molecule has 1 fully saturated rings. The predicted octanol–water partition coefficient (Wildman–Crippen LogP) is 2.59. The average Bonchev–Trinajstić information content (AvgIpc) is 2.69. The third-order valence-corrected chi connectivity index (χ3v) is 3.85. The van der Waals surface area contributed by atoms with E-state index in [-0.39, 0.29) is 13.2 Å². The van der Waals surface area contributed by atoms with Gasteiger partial charge in [-0.2, -0.15) is 0 Å². The molecule has 0 atom stereocenters. The van der Waals surface area contributed by atoms with Gasteiger partial charge in [-0.25, -0.2) is 0 Å². The molecule has 0 N–H and O–H groups in total.